The van der Waals surface area contributed by atoms with Gasteiger partial charge in [0, 0.05) is 5.57 Å². The summed E-state index contributed by atoms with van der Waals surface area (Å²) in [5.74, 6) is -0.320. The largest absolute Gasteiger partial charge is 0.206 e. The van der Waals surface area contributed by atoms with Crippen LogP contribution in [0.25, 0.3) is 6.08 Å². The molecule has 0 aliphatic carbocycles. The van der Waals surface area contributed by atoms with Gasteiger partial charge in [-0.05, 0) is 46.6 Å². The zero-order valence-electron chi connectivity index (χ0n) is 7.01. The molecule has 0 saturated carbocycles. The summed E-state index contributed by atoms with van der Waals surface area (Å²) < 4.78 is 13.4. The molecule has 0 aliphatic heterocycles. The van der Waals surface area contributed by atoms with Crippen molar-refractivity contribution >= 4 is 22.0 Å². The first-order valence-corrected chi connectivity index (χ1v) is 4.46. The minimum Gasteiger partial charge on any atom is -0.206 e. The summed E-state index contributed by atoms with van der Waals surface area (Å²) in [6, 6.07) is 6.72. The minimum atomic E-state index is -0.320. The van der Waals surface area contributed by atoms with E-state index in [1.807, 2.05) is 6.07 Å². The fourth-order valence-corrected chi connectivity index (χ4v) is 1.13. The van der Waals surface area contributed by atoms with Crippen LogP contribution in [0.15, 0.2) is 28.2 Å². The minimum absolute atomic E-state index is 0.320. The Morgan fingerprint density at radius 3 is 2.85 bits per heavy atom. The Kier molecular flexibility index (Phi) is 3.21. The molecule has 1 nitrogen and oxygen atoms in total. The maximum absolute atomic E-state index is 13.0. The quantitative estimate of drug-likeness (QED) is 0.689. The standard InChI is InChI=1S/C10H7BrFN/c1-7(6-13)4-8-2-3-9(11)10(12)5-8/h2-5H,1H3. The van der Waals surface area contributed by atoms with Crippen molar-refractivity contribution in [3.8, 4) is 6.07 Å². The van der Waals surface area contributed by atoms with Crippen molar-refractivity contribution < 1.29 is 4.39 Å². The Labute approximate surface area is 84.6 Å². The van der Waals surface area contributed by atoms with Gasteiger partial charge in [-0.2, -0.15) is 5.26 Å². The highest BCUT2D eigenvalue weighted by atomic mass is 79.9. The molecule has 3 heteroatoms. The van der Waals surface area contributed by atoms with Gasteiger partial charge in [0.2, 0.25) is 0 Å². The smallest absolute Gasteiger partial charge is 0.137 e. The summed E-state index contributed by atoms with van der Waals surface area (Å²) in [7, 11) is 0. The predicted molar refractivity (Wildman–Crippen MR) is 53.4 cm³/mol. The predicted octanol–water partition coefficient (Wildman–Crippen LogP) is 3.52. The first kappa shape index (κ1) is 9.94. The molecular weight excluding hydrogens is 233 g/mol. The fraction of sp³-hybridized carbons (Fsp3) is 0.100. The van der Waals surface area contributed by atoms with Crippen molar-refractivity contribution in [2.75, 3.05) is 0 Å². The van der Waals surface area contributed by atoms with E-state index in [0.717, 1.165) is 0 Å². The topological polar surface area (TPSA) is 23.8 Å². The lowest BCUT2D eigenvalue weighted by molar-refractivity contribution is 0.621. The van der Waals surface area contributed by atoms with Gasteiger partial charge >= 0.3 is 0 Å². The number of nitrogens with zero attached hydrogens (tertiary/aromatic N) is 1. The molecule has 0 spiro atoms. The molecule has 0 heterocycles. The van der Waals surface area contributed by atoms with Gasteiger partial charge in [-0.25, -0.2) is 4.39 Å². The average Bonchev–Trinajstić information content (AvgIpc) is 2.11. The normalized spacial score (nSPS) is 11.1. The molecule has 0 unspecified atom stereocenters. The first-order valence-electron chi connectivity index (χ1n) is 3.67. The number of halogens is 2. The molecule has 0 fully saturated rings. The van der Waals surface area contributed by atoms with Crippen LogP contribution < -0.4 is 0 Å². The van der Waals surface area contributed by atoms with Crippen LogP contribution in [-0.2, 0) is 0 Å². The highest BCUT2D eigenvalue weighted by molar-refractivity contribution is 9.10. The molecule has 1 aromatic rings. The second-order valence-corrected chi connectivity index (χ2v) is 3.47. The summed E-state index contributed by atoms with van der Waals surface area (Å²) in [4.78, 5) is 0. The van der Waals surface area contributed by atoms with Gasteiger partial charge in [0.05, 0.1) is 10.5 Å². The van der Waals surface area contributed by atoms with Crippen molar-refractivity contribution in [3.05, 3.63) is 39.6 Å². The third-order valence-electron chi connectivity index (χ3n) is 1.50. The fourth-order valence-electron chi connectivity index (χ4n) is 0.884. The van der Waals surface area contributed by atoms with Gasteiger partial charge in [0.15, 0.2) is 0 Å². The number of allylic oxidation sites excluding steroid dienone is 1. The summed E-state index contributed by atoms with van der Waals surface area (Å²) in [6.07, 6.45) is 1.63. The average molecular weight is 240 g/mol. The molecule has 0 radical (unpaired) electrons. The van der Waals surface area contributed by atoms with Crippen LogP contribution in [0.4, 0.5) is 4.39 Å². The van der Waals surface area contributed by atoms with Crippen molar-refractivity contribution in [2.45, 2.75) is 6.92 Å². The third kappa shape index (κ3) is 2.67. The maximum atomic E-state index is 13.0. The van der Waals surface area contributed by atoms with Gasteiger partial charge in [-0.1, -0.05) is 6.07 Å². The van der Waals surface area contributed by atoms with Crippen molar-refractivity contribution in [3.63, 3.8) is 0 Å². The van der Waals surface area contributed by atoms with Crippen LogP contribution in [0.1, 0.15) is 12.5 Å². The molecule has 66 valence electrons. The second-order valence-electron chi connectivity index (χ2n) is 2.61. The molecule has 1 aromatic carbocycles. The van der Waals surface area contributed by atoms with E-state index in [4.69, 9.17) is 5.26 Å². The summed E-state index contributed by atoms with van der Waals surface area (Å²) in [5.41, 5.74) is 1.25. The number of hydrogen-bond donors (Lipinski definition) is 0. The zero-order valence-corrected chi connectivity index (χ0v) is 8.60. The van der Waals surface area contributed by atoms with Gasteiger partial charge in [0.25, 0.3) is 0 Å². The molecule has 0 bridgehead atoms. The molecule has 0 amide bonds. The van der Waals surface area contributed by atoms with Gasteiger partial charge in [0.1, 0.15) is 5.82 Å². The molecule has 0 N–H and O–H groups in total. The Morgan fingerprint density at radius 2 is 2.31 bits per heavy atom. The van der Waals surface area contributed by atoms with Gasteiger partial charge in [-0.15, -0.1) is 0 Å². The molecule has 0 saturated heterocycles. The van der Waals surface area contributed by atoms with E-state index >= 15 is 0 Å². The Morgan fingerprint density at radius 1 is 1.62 bits per heavy atom. The number of benzene rings is 1. The van der Waals surface area contributed by atoms with Crippen LogP contribution in [0, 0.1) is 17.1 Å². The Balaban J connectivity index is 3.07. The van der Waals surface area contributed by atoms with Gasteiger partial charge in [-0.3, -0.25) is 0 Å². The van der Waals surface area contributed by atoms with E-state index in [9.17, 15) is 4.39 Å². The molecule has 0 atom stereocenters. The van der Waals surface area contributed by atoms with Crippen LogP contribution in [0.2, 0.25) is 0 Å². The summed E-state index contributed by atoms with van der Waals surface area (Å²) in [5, 5.41) is 8.50. The van der Waals surface area contributed by atoms with Crippen molar-refractivity contribution in [1.29, 1.82) is 5.26 Å². The monoisotopic (exact) mass is 239 g/mol. The lowest BCUT2D eigenvalue weighted by atomic mass is 10.1. The summed E-state index contributed by atoms with van der Waals surface area (Å²) in [6.45, 7) is 1.68. The summed E-state index contributed by atoms with van der Waals surface area (Å²) >= 11 is 3.05. The zero-order chi connectivity index (χ0) is 9.84. The SMILES string of the molecule is CC(C#N)=Cc1ccc(Br)c(F)c1. The van der Waals surface area contributed by atoms with E-state index in [2.05, 4.69) is 15.9 Å². The van der Waals surface area contributed by atoms with E-state index in [1.165, 1.54) is 6.07 Å². The number of rotatable bonds is 1. The Bertz CT molecular complexity index is 390. The van der Waals surface area contributed by atoms with Crippen LogP contribution >= 0.6 is 15.9 Å². The van der Waals surface area contributed by atoms with Crippen LogP contribution in [-0.4, -0.2) is 0 Å². The van der Waals surface area contributed by atoms with E-state index in [0.29, 0.717) is 15.6 Å². The highest BCUT2D eigenvalue weighted by Crippen LogP contribution is 2.17. The lowest BCUT2D eigenvalue weighted by Crippen LogP contribution is -1.80. The van der Waals surface area contributed by atoms with Crippen LogP contribution in [0.5, 0.6) is 0 Å². The highest BCUT2D eigenvalue weighted by Gasteiger charge is 1.98. The molecule has 1 rings (SSSR count). The molecular formula is C10H7BrFN. The van der Waals surface area contributed by atoms with Crippen molar-refractivity contribution in [1.82, 2.24) is 0 Å². The molecule has 0 aromatic heterocycles. The Hall–Kier alpha value is -1.14. The van der Waals surface area contributed by atoms with E-state index in [1.54, 1.807) is 25.1 Å². The first-order chi connectivity index (χ1) is 6.13. The van der Waals surface area contributed by atoms with Gasteiger partial charge < -0.3 is 0 Å². The lowest BCUT2D eigenvalue weighted by Gasteiger charge is -1.96. The number of hydrogen-bond acceptors (Lipinski definition) is 1. The van der Waals surface area contributed by atoms with Crippen LogP contribution in [0.3, 0.4) is 0 Å². The second kappa shape index (κ2) is 4.20. The third-order valence-corrected chi connectivity index (χ3v) is 2.15. The van der Waals surface area contributed by atoms with E-state index in [-0.39, 0.29) is 5.82 Å². The maximum Gasteiger partial charge on any atom is 0.137 e. The van der Waals surface area contributed by atoms with Crippen molar-refractivity contribution in [2.24, 2.45) is 0 Å². The number of nitriles is 1. The molecule has 13 heavy (non-hydrogen) atoms. The molecule has 0 aliphatic rings. The van der Waals surface area contributed by atoms with E-state index < -0.39 is 0 Å².